The van der Waals surface area contributed by atoms with Gasteiger partial charge in [-0.25, -0.2) is 14.2 Å². The van der Waals surface area contributed by atoms with Crippen molar-refractivity contribution in [1.82, 2.24) is 9.88 Å². The van der Waals surface area contributed by atoms with E-state index in [2.05, 4.69) is 10.3 Å². The number of benzene rings is 2. The van der Waals surface area contributed by atoms with Gasteiger partial charge in [-0.1, -0.05) is 11.6 Å². The number of rotatable bonds is 7. The molecule has 1 aromatic heterocycles. The van der Waals surface area contributed by atoms with Gasteiger partial charge in [0.2, 0.25) is 0 Å². The fourth-order valence-electron chi connectivity index (χ4n) is 4.33. The number of likely N-dealkylation sites (tertiary alicyclic amines) is 1. The Morgan fingerprint density at radius 3 is 2.55 bits per heavy atom. The maximum atomic E-state index is 15.1. The molecule has 2 N–H and O–H groups in total. The van der Waals surface area contributed by atoms with E-state index < -0.39 is 17.5 Å². The third-order valence-electron chi connectivity index (χ3n) is 6.28. The zero-order chi connectivity index (χ0) is 29.0. The fraction of sp³-hybridized carbons (Fsp3) is 0.333. The summed E-state index contributed by atoms with van der Waals surface area (Å²) >= 11 is 6.41. The van der Waals surface area contributed by atoms with Crippen LogP contribution in [0.4, 0.5) is 15.0 Å². The van der Waals surface area contributed by atoms with Crippen LogP contribution in [0.2, 0.25) is 5.02 Å². The monoisotopic (exact) mass is 566 g/mol. The summed E-state index contributed by atoms with van der Waals surface area (Å²) in [4.78, 5) is 31.2. The van der Waals surface area contributed by atoms with E-state index in [9.17, 15) is 9.59 Å². The number of anilines is 1. The summed E-state index contributed by atoms with van der Waals surface area (Å²) in [6.45, 7) is 8.17. The second-order valence-corrected chi connectivity index (χ2v) is 11.0. The van der Waals surface area contributed by atoms with E-state index in [1.807, 2.05) is 0 Å². The Labute approximate surface area is 238 Å². The van der Waals surface area contributed by atoms with Gasteiger partial charge in [0.15, 0.2) is 0 Å². The molecule has 10 heteroatoms. The first-order valence-corrected chi connectivity index (χ1v) is 13.4. The molecular weight excluding hydrogens is 535 g/mol. The summed E-state index contributed by atoms with van der Waals surface area (Å²) in [6.07, 6.45) is 2.69. The quantitative estimate of drug-likeness (QED) is 0.303. The molecule has 210 valence electrons. The second-order valence-electron chi connectivity index (χ2n) is 10.6. The highest BCUT2D eigenvalue weighted by atomic mass is 35.5. The van der Waals surface area contributed by atoms with Gasteiger partial charge >= 0.3 is 6.09 Å². The second kappa shape index (κ2) is 12.0. The topological polar surface area (TPSA) is 105 Å². The highest BCUT2D eigenvalue weighted by molar-refractivity contribution is 6.31. The van der Waals surface area contributed by atoms with Crippen molar-refractivity contribution in [2.75, 3.05) is 25.0 Å². The van der Waals surface area contributed by atoms with Gasteiger partial charge in [-0.05, 0) is 88.6 Å². The van der Waals surface area contributed by atoms with E-state index in [4.69, 9.17) is 26.5 Å². The number of aryl methyl sites for hydroxylation is 1. The molecular formula is C30H32ClFN4O4. The molecule has 0 spiro atoms. The van der Waals surface area contributed by atoms with Gasteiger partial charge in [-0.15, -0.1) is 0 Å². The number of aromatic nitrogens is 1. The molecule has 1 aliphatic heterocycles. The molecule has 4 rings (SSSR count). The lowest BCUT2D eigenvalue weighted by Crippen LogP contribution is -2.28. The van der Waals surface area contributed by atoms with Crippen molar-refractivity contribution in [3.63, 3.8) is 0 Å². The highest BCUT2D eigenvalue weighted by Crippen LogP contribution is 2.37. The summed E-state index contributed by atoms with van der Waals surface area (Å²) in [5.74, 6) is -0.240. The summed E-state index contributed by atoms with van der Waals surface area (Å²) in [7, 11) is 0. The van der Waals surface area contributed by atoms with Gasteiger partial charge in [0.05, 0.1) is 5.71 Å². The fourth-order valence-corrected chi connectivity index (χ4v) is 4.49. The van der Waals surface area contributed by atoms with E-state index in [1.165, 1.54) is 24.4 Å². The van der Waals surface area contributed by atoms with Crippen LogP contribution in [0, 0.1) is 18.2 Å². The summed E-state index contributed by atoms with van der Waals surface area (Å²) in [5, 5.41) is 11.6. The number of carbonyl (C=O) groups is 2. The van der Waals surface area contributed by atoms with E-state index in [-0.39, 0.29) is 29.6 Å². The van der Waals surface area contributed by atoms with Crippen LogP contribution < -0.4 is 10.1 Å². The van der Waals surface area contributed by atoms with Crippen LogP contribution in [0.15, 0.2) is 48.7 Å². The van der Waals surface area contributed by atoms with Crippen molar-refractivity contribution in [1.29, 1.82) is 5.41 Å². The number of amides is 2. The van der Waals surface area contributed by atoms with E-state index in [1.54, 1.807) is 56.9 Å². The van der Waals surface area contributed by atoms with Crippen molar-refractivity contribution < 1.29 is 23.5 Å². The Kier molecular flexibility index (Phi) is 8.73. The van der Waals surface area contributed by atoms with Crippen LogP contribution in [-0.4, -0.2) is 52.9 Å². The number of hydrogen-bond acceptors (Lipinski definition) is 6. The number of pyridine rings is 1. The van der Waals surface area contributed by atoms with Crippen LogP contribution in [-0.2, 0) is 4.74 Å². The Bertz CT molecular complexity index is 1450. The summed E-state index contributed by atoms with van der Waals surface area (Å²) in [5.41, 5.74) is 1.26. The standard InChI is InChI=1S/C30H32ClFN4O4/c1-18-14-26(39-17-25(33)20-8-7-11-34-27(20)35-29(38)40-30(2,3)4)22(16-23(18)31)21-15-19(9-10-24(21)32)28(37)36-12-5-6-13-36/h7-11,14-16,33H,5-6,12-13,17H2,1-4H3,(H,34,35,38). The van der Waals surface area contributed by atoms with Crippen molar-refractivity contribution in [3.05, 3.63) is 76.2 Å². The Morgan fingerprint density at radius 2 is 1.85 bits per heavy atom. The molecule has 1 fully saturated rings. The third-order valence-corrected chi connectivity index (χ3v) is 6.69. The first kappa shape index (κ1) is 29.0. The maximum absolute atomic E-state index is 15.1. The minimum Gasteiger partial charge on any atom is -0.487 e. The first-order valence-electron chi connectivity index (χ1n) is 13.0. The minimum atomic E-state index is -0.704. The van der Waals surface area contributed by atoms with E-state index in [0.29, 0.717) is 46.1 Å². The Hall–Kier alpha value is -3.98. The van der Waals surface area contributed by atoms with Crippen LogP contribution >= 0.6 is 11.6 Å². The van der Waals surface area contributed by atoms with Gasteiger partial charge in [0.1, 0.15) is 29.6 Å². The molecule has 0 radical (unpaired) electrons. The van der Waals surface area contributed by atoms with Gasteiger partial charge in [-0.2, -0.15) is 0 Å². The zero-order valence-electron chi connectivity index (χ0n) is 22.9. The number of hydrogen-bond donors (Lipinski definition) is 2. The molecule has 1 saturated heterocycles. The van der Waals surface area contributed by atoms with Crippen LogP contribution in [0.3, 0.4) is 0 Å². The molecule has 2 heterocycles. The third kappa shape index (κ3) is 6.96. The normalized spacial score (nSPS) is 13.2. The molecule has 1 aliphatic rings. The average molecular weight is 567 g/mol. The number of carbonyl (C=O) groups excluding carboxylic acids is 2. The molecule has 2 aromatic carbocycles. The maximum Gasteiger partial charge on any atom is 0.413 e. The van der Waals surface area contributed by atoms with Crippen molar-refractivity contribution in [2.24, 2.45) is 0 Å². The molecule has 0 saturated carbocycles. The van der Waals surface area contributed by atoms with Crippen molar-refractivity contribution in [2.45, 2.75) is 46.1 Å². The lowest BCUT2D eigenvalue weighted by Gasteiger charge is -2.20. The van der Waals surface area contributed by atoms with Gasteiger partial charge in [0.25, 0.3) is 5.91 Å². The highest BCUT2D eigenvalue weighted by Gasteiger charge is 2.23. The molecule has 0 atom stereocenters. The van der Waals surface area contributed by atoms with Crippen molar-refractivity contribution in [3.8, 4) is 16.9 Å². The van der Waals surface area contributed by atoms with E-state index >= 15 is 4.39 Å². The molecule has 2 amide bonds. The summed E-state index contributed by atoms with van der Waals surface area (Å²) < 4.78 is 26.5. The number of nitrogens with one attached hydrogen (secondary N) is 2. The number of halogens is 2. The Morgan fingerprint density at radius 1 is 1.12 bits per heavy atom. The predicted octanol–water partition coefficient (Wildman–Crippen LogP) is 6.88. The number of nitrogens with zero attached hydrogens (tertiary/aromatic N) is 2. The molecule has 40 heavy (non-hydrogen) atoms. The summed E-state index contributed by atoms with van der Waals surface area (Å²) in [6, 6.07) is 10.8. The molecule has 0 aliphatic carbocycles. The van der Waals surface area contributed by atoms with Crippen LogP contribution in [0.1, 0.15) is 55.1 Å². The van der Waals surface area contributed by atoms with Gasteiger partial charge < -0.3 is 19.8 Å². The van der Waals surface area contributed by atoms with Crippen LogP contribution in [0.25, 0.3) is 11.1 Å². The van der Waals surface area contributed by atoms with Gasteiger partial charge in [-0.3, -0.25) is 10.1 Å². The first-order chi connectivity index (χ1) is 18.9. The molecule has 3 aromatic rings. The van der Waals surface area contributed by atoms with Crippen molar-refractivity contribution >= 4 is 35.1 Å². The zero-order valence-corrected chi connectivity index (χ0v) is 23.7. The minimum absolute atomic E-state index is 0.0242. The molecule has 0 bridgehead atoms. The number of ether oxygens (including phenoxy) is 2. The predicted molar refractivity (Wildman–Crippen MR) is 153 cm³/mol. The SMILES string of the molecule is Cc1cc(OCC(=N)c2cccnc2NC(=O)OC(C)(C)C)c(-c2cc(C(=O)N3CCCC3)ccc2F)cc1Cl. The average Bonchev–Trinajstić information content (AvgIpc) is 3.43. The smallest absolute Gasteiger partial charge is 0.413 e. The molecule has 8 nitrogen and oxygen atoms in total. The lowest BCUT2D eigenvalue weighted by atomic mass is 9.99. The lowest BCUT2D eigenvalue weighted by molar-refractivity contribution is 0.0634. The largest absolute Gasteiger partial charge is 0.487 e. The van der Waals surface area contributed by atoms with E-state index in [0.717, 1.165) is 12.8 Å². The molecule has 0 unspecified atom stereocenters. The Balaban J connectivity index is 1.60. The van der Waals surface area contributed by atoms with Gasteiger partial charge in [0, 0.05) is 46.6 Å². The van der Waals surface area contributed by atoms with Crippen LogP contribution in [0.5, 0.6) is 5.75 Å².